The molecule has 1 saturated carbocycles. The van der Waals surface area contributed by atoms with Gasteiger partial charge >= 0.3 is 0 Å². The number of rotatable bonds is 4. The number of H-pyrrole nitrogens is 1. The highest BCUT2D eigenvalue weighted by Crippen LogP contribution is 2.55. The van der Waals surface area contributed by atoms with Crippen LogP contribution in [0.3, 0.4) is 0 Å². The molecule has 134 valence electrons. The molecule has 0 radical (unpaired) electrons. The number of nitrogens with zero attached hydrogens (tertiary/aromatic N) is 5. The molecule has 4 rings (SSSR count). The Bertz CT molecular complexity index is 787. The fourth-order valence-electron chi connectivity index (χ4n) is 4.40. The normalized spacial score (nSPS) is 21.7. The number of aromatic nitrogens is 5. The Morgan fingerprint density at radius 1 is 1.44 bits per heavy atom. The Morgan fingerprint density at radius 2 is 2.24 bits per heavy atom. The van der Waals surface area contributed by atoms with Crippen LogP contribution in [-0.4, -0.2) is 48.9 Å². The van der Waals surface area contributed by atoms with Crippen molar-refractivity contribution in [2.45, 2.75) is 51.9 Å². The van der Waals surface area contributed by atoms with Gasteiger partial charge in [0.15, 0.2) is 5.82 Å². The fraction of sp³-hybridized carbons (Fsp3) is 0.667. The summed E-state index contributed by atoms with van der Waals surface area (Å²) in [5.74, 6) is 2.15. The summed E-state index contributed by atoms with van der Waals surface area (Å²) in [7, 11) is 1.83. The van der Waals surface area contributed by atoms with Crippen molar-refractivity contribution in [2.24, 2.45) is 12.5 Å². The van der Waals surface area contributed by atoms with Gasteiger partial charge < -0.3 is 4.90 Å². The van der Waals surface area contributed by atoms with Crippen LogP contribution in [-0.2, 0) is 13.5 Å². The van der Waals surface area contributed by atoms with Crippen molar-refractivity contribution in [2.75, 3.05) is 13.1 Å². The maximum Gasteiger partial charge on any atom is 0.272 e. The highest BCUT2D eigenvalue weighted by Gasteiger charge is 2.53. The van der Waals surface area contributed by atoms with E-state index < -0.39 is 0 Å². The Hall–Kier alpha value is -2.18. The van der Waals surface area contributed by atoms with Gasteiger partial charge in [-0.15, -0.1) is 0 Å². The lowest BCUT2D eigenvalue weighted by molar-refractivity contribution is 0.0713. The average molecular weight is 342 g/mol. The van der Waals surface area contributed by atoms with Crippen LogP contribution in [0.2, 0.25) is 0 Å². The molecule has 2 fully saturated rings. The number of likely N-dealkylation sites (tertiary alicyclic amines) is 1. The summed E-state index contributed by atoms with van der Waals surface area (Å²) in [6.45, 7) is 5.56. The molecule has 1 aliphatic carbocycles. The molecule has 1 N–H and O–H groups in total. The van der Waals surface area contributed by atoms with Crippen molar-refractivity contribution in [3.05, 3.63) is 29.1 Å². The van der Waals surface area contributed by atoms with E-state index in [-0.39, 0.29) is 17.2 Å². The van der Waals surface area contributed by atoms with Crippen LogP contribution < -0.4 is 0 Å². The van der Waals surface area contributed by atoms with Crippen LogP contribution in [0.4, 0.5) is 0 Å². The van der Waals surface area contributed by atoms with Gasteiger partial charge in [-0.25, -0.2) is 4.98 Å². The predicted molar refractivity (Wildman–Crippen MR) is 93.3 cm³/mol. The average Bonchev–Trinajstić information content (AvgIpc) is 3.22. The molecule has 7 nitrogen and oxygen atoms in total. The van der Waals surface area contributed by atoms with E-state index in [0.717, 1.165) is 49.6 Å². The third-order valence-electron chi connectivity index (χ3n) is 5.85. The van der Waals surface area contributed by atoms with E-state index in [4.69, 9.17) is 4.98 Å². The lowest BCUT2D eigenvalue weighted by atomic mass is 9.62. The molecule has 3 heterocycles. The smallest absolute Gasteiger partial charge is 0.272 e. The highest BCUT2D eigenvalue weighted by atomic mass is 16.2. The van der Waals surface area contributed by atoms with Crippen molar-refractivity contribution < 1.29 is 4.79 Å². The molecule has 25 heavy (non-hydrogen) atoms. The van der Waals surface area contributed by atoms with Crippen molar-refractivity contribution in [3.63, 3.8) is 0 Å². The van der Waals surface area contributed by atoms with Gasteiger partial charge in [-0.05, 0) is 37.7 Å². The van der Waals surface area contributed by atoms with Gasteiger partial charge in [0.1, 0.15) is 11.5 Å². The highest BCUT2D eigenvalue weighted by molar-refractivity contribution is 5.93. The van der Waals surface area contributed by atoms with Crippen LogP contribution in [0.15, 0.2) is 6.07 Å². The van der Waals surface area contributed by atoms with Crippen LogP contribution in [0, 0.1) is 12.3 Å². The third kappa shape index (κ3) is 2.65. The minimum atomic E-state index is 0.0705. The molecule has 1 unspecified atom stereocenters. The first-order valence-electron chi connectivity index (χ1n) is 9.23. The predicted octanol–water partition coefficient (Wildman–Crippen LogP) is 2.21. The maximum atomic E-state index is 13.0. The van der Waals surface area contributed by atoms with Gasteiger partial charge in [-0.1, -0.05) is 13.3 Å². The van der Waals surface area contributed by atoms with E-state index in [9.17, 15) is 4.79 Å². The Labute approximate surface area is 147 Å². The number of hydrogen-bond donors (Lipinski definition) is 1. The fourth-order valence-corrected chi connectivity index (χ4v) is 4.40. The van der Waals surface area contributed by atoms with E-state index in [1.54, 1.807) is 4.68 Å². The molecule has 1 spiro atoms. The number of nitrogens with one attached hydrogen (secondary N) is 1. The van der Waals surface area contributed by atoms with Crippen molar-refractivity contribution in [1.82, 2.24) is 29.9 Å². The molecule has 0 bridgehead atoms. The van der Waals surface area contributed by atoms with Gasteiger partial charge in [-0.3, -0.25) is 14.6 Å². The number of aromatic amines is 1. The van der Waals surface area contributed by atoms with E-state index >= 15 is 0 Å². The molecule has 1 saturated heterocycles. The Morgan fingerprint density at radius 3 is 2.84 bits per heavy atom. The summed E-state index contributed by atoms with van der Waals surface area (Å²) in [6, 6.07) is 1.87. The van der Waals surface area contributed by atoms with Gasteiger partial charge in [-0.2, -0.15) is 10.2 Å². The second kappa shape index (κ2) is 5.97. The SMILES string of the molecule is CCCc1nc(C2CN(C(=O)c3cc(C)nn3C)CC23CCC3)n[nH]1. The van der Waals surface area contributed by atoms with E-state index in [1.165, 1.54) is 6.42 Å². The third-order valence-corrected chi connectivity index (χ3v) is 5.85. The topological polar surface area (TPSA) is 79.7 Å². The molecule has 7 heteroatoms. The maximum absolute atomic E-state index is 13.0. The minimum Gasteiger partial charge on any atom is -0.336 e. The molecular weight excluding hydrogens is 316 g/mol. The van der Waals surface area contributed by atoms with Gasteiger partial charge in [0.25, 0.3) is 5.91 Å². The molecule has 2 aliphatic rings. The summed E-state index contributed by atoms with van der Waals surface area (Å²) >= 11 is 0. The number of aryl methyl sites for hydroxylation is 3. The zero-order valence-corrected chi connectivity index (χ0v) is 15.2. The zero-order valence-electron chi connectivity index (χ0n) is 15.2. The van der Waals surface area contributed by atoms with Gasteiger partial charge in [0, 0.05) is 32.5 Å². The summed E-state index contributed by atoms with van der Waals surface area (Å²) < 4.78 is 1.69. The van der Waals surface area contributed by atoms with Crippen LogP contribution in [0.5, 0.6) is 0 Å². The quantitative estimate of drug-likeness (QED) is 0.924. The Balaban J connectivity index is 1.58. The Kier molecular flexibility index (Phi) is 3.89. The number of carbonyl (C=O) groups is 1. The summed E-state index contributed by atoms with van der Waals surface area (Å²) in [6.07, 6.45) is 5.52. The second-order valence-corrected chi connectivity index (χ2v) is 7.64. The summed E-state index contributed by atoms with van der Waals surface area (Å²) in [4.78, 5) is 19.7. The summed E-state index contributed by atoms with van der Waals surface area (Å²) in [5, 5.41) is 11.9. The lowest BCUT2D eigenvalue weighted by Crippen LogP contribution is -2.38. The molecule has 1 atom stereocenters. The first kappa shape index (κ1) is 16.3. The van der Waals surface area contributed by atoms with E-state index in [2.05, 4.69) is 22.2 Å². The van der Waals surface area contributed by atoms with E-state index in [0.29, 0.717) is 12.2 Å². The molecule has 1 amide bonds. The molecular formula is C18H26N6O. The van der Waals surface area contributed by atoms with Crippen molar-refractivity contribution in [1.29, 1.82) is 0 Å². The molecule has 2 aromatic heterocycles. The van der Waals surface area contributed by atoms with E-state index in [1.807, 2.05) is 24.9 Å². The van der Waals surface area contributed by atoms with Crippen LogP contribution in [0.1, 0.15) is 66.4 Å². The largest absolute Gasteiger partial charge is 0.336 e. The molecule has 2 aromatic rings. The number of amides is 1. The standard InChI is InChI=1S/C18H26N6O/c1-4-6-15-19-16(21-20-15)13-10-24(11-18(13)7-5-8-18)17(25)14-9-12(2)22-23(14)3/h9,13H,4-8,10-11H2,1-3H3,(H,19,20,21). The number of hydrogen-bond acceptors (Lipinski definition) is 4. The summed E-state index contributed by atoms with van der Waals surface area (Å²) in [5.41, 5.74) is 1.70. The van der Waals surface area contributed by atoms with Gasteiger partial charge in [0.2, 0.25) is 0 Å². The first-order chi connectivity index (χ1) is 12.0. The van der Waals surface area contributed by atoms with Crippen LogP contribution >= 0.6 is 0 Å². The second-order valence-electron chi connectivity index (χ2n) is 7.64. The van der Waals surface area contributed by atoms with Crippen LogP contribution in [0.25, 0.3) is 0 Å². The van der Waals surface area contributed by atoms with Gasteiger partial charge in [0.05, 0.1) is 5.69 Å². The zero-order chi connectivity index (χ0) is 17.6. The lowest BCUT2D eigenvalue weighted by Gasteiger charge is -2.41. The monoisotopic (exact) mass is 342 g/mol. The molecule has 0 aromatic carbocycles. The minimum absolute atomic E-state index is 0.0705. The number of carbonyl (C=O) groups excluding carboxylic acids is 1. The van der Waals surface area contributed by atoms with Crippen molar-refractivity contribution in [3.8, 4) is 0 Å². The first-order valence-corrected chi connectivity index (χ1v) is 9.23. The molecule has 1 aliphatic heterocycles. The van der Waals surface area contributed by atoms with Crippen molar-refractivity contribution >= 4 is 5.91 Å².